The molecule has 1 aliphatic heterocycles. The second kappa shape index (κ2) is 6.90. The Morgan fingerprint density at radius 3 is 2.78 bits per heavy atom. The maximum atomic E-state index is 4.29. The van der Waals surface area contributed by atoms with Crippen molar-refractivity contribution in [2.75, 3.05) is 19.6 Å². The number of hydrogen-bond acceptors (Lipinski definition) is 3. The van der Waals surface area contributed by atoms with Crippen LogP contribution in [0.1, 0.15) is 38.7 Å². The van der Waals surface area contributed by atoms with Gasteiger partial charge in [-0.2, -0.15) is 5.10 Å². The molecule has 0 radical (unpaired) electrons. The van der Waals surface area contributed by atoms with E-state index < -0.39 is 0 Å². The van der Waals surface area contributed by atoms with Gasteiger partial charge in [-0.1, -0.05) is 6.42 Å². The molecule has 4 heteroatoms. The molecule has 1 saturated heterocycles. The van der Waals surface area contributed by atoms with Gasteiger partial charge < -0.3 is 10.2 Å². The third kappa shape index (κ3) is 4.10. The Hall–Kier alpha value is -0.870. The quantitative estimate of drug-likeness (QED) is 0.836. The fraction of sp³-hybridized carbons (Fsp3) is 0.786. The Morgan fingerprint density at radius 1 is 1.33 bits per heavy atom. The zero-order valence-electron chi connectivity index (χ0n) is 11.7. The first-order valence-corrected chi connectivity index (χ1v) is 7.25. The van der Waals surface area contributed by atoms with Crippen molar-refractivity contribution in [1.82, 2.24) is 20.0 Å². The first-order chi connectivity index (χ1) is 8.78. The van der Waals surface area contributed by atoms with Crippen molar-refractivity contribution in [1.29, 1.82) is 0 Å². The maximum absolute atomic E-state index is 4.29. The normalized spacial score (nSPS) is 19.0. The zero-order chi connectivity index (χ0) is 12.8. The van der Waals surface area contributed by atoms with Crippen LogP contribution in [0.3, 0.4) is 0 Å². The Kier molecular flexibility index (Phi) is 5.20. The number of aromatic nitrogens is 2. The van der Waals surface area contributed by atoms with Crippen molar-refractivity contribution >= 4 is 0 Å². The molecule has 1 aromatic rings. The predicted molar refractivity (Wildman–Crippen MR) is 74.5 cm³/mol. The Bertz CT molecular complexity index is 341. The molecule has 1 fully saturated rings. The number of likely N-dealkylation sites (tertiary alicyclic amines) is 1. The van der Waals surface area contributed by atoms with E-state index in [2.05, 4.69) is 35.4 Å². The molecular formula is C14H26N4. The van der Waals surface area contributed by atoms with Gasteiger partial charge in [0.2, 0.25) is 0 Å². The molecule has 0 amide bonds. The lowest BCUT2D eigenvalue weighted by molar-refractivity contribution is 0.209. The van der Waals surface area contributed by atoms with Crippen molar-refractivity contribution in [2.24, 2.45) is 0 Å². The van der Waals surface area contributed by atoms with Gasteiger partial charge in [0.1, 0.15) is 0 Å². The monoisotopic (exact) mass is 250 g/mol. The van der Waals surface area contributed by atoms with Crippen molar-refractivity contribution in [3.05, 3.63) is 18.0 Å². The SMILES string of the molecule is CCn1cc(CNC(C)CN2CCCCC2)cn1. The van der Waals surface area contributed by atoms with Gasteiger partial charge in [0, 0.05) is 37.4 Å². The highest BCUT2D eigenvalue weighted by atomic mass is 15.3. The lowest BCUT2D eigenvalue weighted by Crippen LogP contribution is -2.41. The summed E-state index contributed by atoms with van der Waals surface area (Å²) < 4.78 is 1.98. The van der Waals surface area contributed by atoms with Crippen LogP contribution in [-0.2, 0) is 13.1 Å². The molecule has 0 aliphatic carbocycles. The molecule has 4 nitrogen and oxygen atoms in total. The molecule has 1 aliphatic rings. The smallest absolute Gasteiger partial charge is 0.0534 e. The Morgan fingerprint density at radius 2 is 2.11 bits per heavy atom. The van der Waals surface area contributed by atoms with Crippen molar-refractivity contribution in [2.45, 2.75) is 52.2 Å². The highest BCUT2D eigenvalue weighted by Gasteiger charge is 2.13. The van der Waals surface area contributed by atoms with Gasteiger partial charge in [0.25, 0.3) is 0 Å². The lowest BCUT2D eigenvalue weighted by atomic mass is 10.1. The van der Waals surface area contributed by atoms with Crippen molar-refractivity contribution in [3.63, 3.8) is 0 Å². The first kappa shape index (κ1) is 13.6. The van der Waals surface area contributed by atoms with Gasteiger partial charge in [-0.15, -0.1) is 0 Å². The fourth-order valence-corrected chi connectivity index (χ4v) is 2.56. The summed E-state index contributed by atoms with van der Waals surface area (Å²) in [6, 6.07) is 0.549. The molecule has 0 saturated carbocycles. The minimum atomic E-state index is 0.549. The molecule has 102 valence electrons. The van der Waals surface area contributed by atoms with Crippen LogP contribution in [0, 0.1) is 0 Å². The fourth-order valence-electron chi connectivity index (χ4n) is 2.56. The number of nitrogens with one attached hydrogen (secondary N) is 1. The zero-order valence-corrected chi connectivity index (χ0v) is 11.7. The largest absolute Gasteiger partial charge is 0.309 e. The predicted octanol–water partition coefficient (Wildman–Crippen LogP) is 1.87. The number of nitrogens with zero attached hydrogens (tertiary/aromatic N) is 3. The summed E-state index contributed by atoms with van der Waals surface area (Å²) >= 11 is 0. The lowest BCUT2D eigenvalue weighted by Gasteiger charge is -2.29. The number of hydrogen-bond donors (Lipinski definition) is 1. The van der Waals surface area contributed by atoms with Crippen LogP contribution in [0.15, 0.2) is 12.4 Å². The van der Waals surface area contributed by atoms with E-state index in [0.29, 0.717) is 6.04 Å². The minimum absolute atomic E-state index is 0.549. The summed E-state index contributed by atoms with van der Waals surface area (Å²) in [5.74, 6) is 0. The van der Waals surface area contributed by atoms with E-state index in [0.717, 1.165) is 13.1 Å². The molecule has 18 heavy (non-hydrogen) atoms. The highest BCUT2D eigenvalue weighted by molar-refractivity contribution is 5.03. The van der Waals surface area contributed by atoms with Gasteiger partial charge in [0.15, 0.2) is 0 Å². The first-order valence-electron chi connectivity index (χ1n) is 7.25. The van der Waals surface area contributed by atoms with E-state index >= 15 is 0 Å². The molecule has 1 N–H and O–H groups in total. The van der Waals surface area contributed by atoms with E-state index in [1.807, 2.05) is 10.9 Å². The average molecular weight is 250 g/mol. The second-order valence-electron chi connectivity index (χ2n) is 5.35. The van der Waals surface area contributed by atoms with Gasteiger partial charge in [-0.3, -0.25) is 4.68 Å². The summed E-state index contributed by atoms with van der Waals surface area (Å²) in [4.78, 5) is 2.58. The van der Waals surface area contributed by atoms with E-state index in [1.165, 1.54) is 44.5 Å². The number of piperidine rings is 1. The van der Waals surface area contributed by atoms with Crippen LogP contribution in [0.5, 0.6) is 0 Å². The molecular weight excluding hydrogens is 224 g/mol. The third-order valence-corrected chi connectivity index (χ3v) is 3.65. The second-order valence-corrected chi connectivity index (χ2v) is 5.35. The average Bonchev–Trinajstić information content (AvgIpc) is 2.85. The van der Waals surface area contributed by atoms with Crippen LogP contribution >= 0.6 is 0 Å². The summed E-state index contributed by atoms with van der Waals surface area (Å²) in [7, 11) is 0. The van der Waals surface area contributed by atoms with Crippen LogP contribution < -0.4 is 5.32 Å². The molecule has 0 bridgehead atoms. The third-order valence-electron chi connectivity index (χ3n) is 3.65. The van der Waals surface area contributed by atoms with Gasteiger partial charge in [0.05, 0.1) is 6.20 Å². The standard InChI is InChI=1S/C14H26N4/c1-3-18-12-14(10-16-18)9-15-13(2)11-17-7-5-4-6-8-17/h10,12-13,15H,3-9,11H2,1-2H3. The Labute approximate surface area is 110 Å². The van der Waals surface area contributed by atoms with Gasteiger partial charge >= 0.3 is 0 Å². The van der Waals surface area contributed by atoms with Crippen LogP contribution in [0.4, 0.5) is 0 Å². The van der Waals surface area contributed by atoms with Crippen LogP contribution in [0.2, 0.25) is 0 Å². The topological polar surface area (TPSA) is 33.1 Å². The maximum Gasteiger partial charge on any atom is 0.0534 e. The molecule has 0 aromatic carbocycles. The van der Waals surface area contributed by atoms with Crippen LogP contribution in [-0.4, -0.2) is 40.4 Å². The molecule has 1 unspecified atom stereocenters. The minimum Gasteiger partial charge on any atom is -0.309 e. The summed E-state index contributed by atoms with van der Waals surface area (Å²) in [5.41, 5.74) is 1.28. The molecule has 2 rings (SSSR count). The van der Waals surface area contributed by atoms with Crippen molar-refractivity contribution < 1.29 is 0 Å². The molecule has 2 heterocycles. The summed E-state index contributed by atoms with van der Waals surface area (Å²) in [6.45, 7) is 9.99. The van der Waals surface area contributed by atoms with Crippen LogP contribution in [0.25, 0.3) is 0 Å². The number of rotatable bonds is 6. The van der Waals surface area contributed by atoms with E-state index in [9.17, 15) is 0 Å². The van der Waals surface area contributed by atoms with Gasteiger partial charge in [-0.25, -0.2) is 0 Å². The van der Waals surface area contributed by atoms with E-state index in [1.54, 1.807) is 0 Å². The summed E-state index contributed by atoms with van der Waals surface area (Å²) in [6.07, 6.45) is 8.24. The molecule has 1 atom stereocenters. The Balaban J connectivity index is 1.68. The van der Waals surface area contributed by atoms with E-state index in [4.69, 9.17) is 0 Å². The van der Waals surface area contributed by atoms with E-state index in [-0.39, 0.29) is 0 Å². The summed E-state index contributed by atoms with van der Waals surface area (Å²) in [5, 5.41) is 7.88. The van der Waals surface area contributed by atoms with Gasteiger partial charge in [-0.05, 0) is 39.8 Å². The van der Waals surface area contributed by atoms with Crippen molar-refractivity contribution in [3.8, 4) is 0 Å². The number of aryl methyl sites for hydroxylation is 1. The molecule has 1 aromatic heterocycles. The highest BCUT2D eigenvalue weighted by Crippen LogP contribution is 2.09. The molecule has 0 spiro atoms.